The predicted molar refractivity (Wildman–Crippen MR) is 105 cm³/mol. The van der Waals surface area contributed by atoms with Crippen molar-refractivity contribution in [3.8, 4) is 23.0 Å². The van der Waals surface area contributed by atoms with Crippen LogP contribution in [0, 0.1) is 0 Å². The van der Waals surface area contributed by atoms with Gasteiger partial charge in [0.05, 0.1) is 27.4 Å². The van der Waals surface area contributed by atoms with E-state index in [2.05, 4.69) is 5.32 Å². The van der Waals surface area contributed by atoms with Gasteiger partial charge in [-0.05, 0) is 55.0 Å². The van der Waals surface area contributed by atoms with Crippen molar-refractivity contribution in [2.75, 3.05) is 27.9 Å². The molecule has 0 saturated heterocycles. The van der Waals surface area contributed by atoms with Crippen LogP contribution in [0.3, 0.4) is 0 Å². The molecule has 0 unspecified atom stereocenters. The first kappa shape index (κ1) is 20.2. The second-order valence-corrected chi connectivity index (χ2v) is 5.84. The van der Waals surface area contributed by atoms with Crippen molar-refractivity contribution in [2.45, 2.75) is 13.0 Å². The highest BCUT2D eigenvalue weighted by Crippen LogP contribution is 2.27. The molecule has 1 atom stereocenters. The van der Waals surface area contributed by atoms with Gasteiger partial charge in [-0.15, -0.1) is 0 Å². The van der Waals surface area contributed by atoms with Gasteiger partial charge < -0.3 is 24.3 Å². The van der Waals surface area contributed by atoms with Crippen LogP contribution in [0.5, 0.6) is 23.0 Å². The number of nitrogens with one attached hydrogen (secondary N) is 1. The van der Waals surface area contributed by atoms with Crippen molar-refractivity contribution in [1.29, 1.82) is 0 Å². The molecule has 0 heterocycles. The molecule has 0 fully saturated rings. The number of hydrogen-bond donors (Lipinski definition) is 1. The molecule has 0 aliphatic rings. The molecule has 0 aliphatic heterocycles. The molecule has 0 bridgehead atoms. The summed E-state index contributed by atoms with van der Waals surface area (Å²) in [6.07, 6.45) is 3.19. The number of methoxy groups -OCH3 is 3. The average Bonchev–Trinajstić information content (AvgIpc) is 2.70. The summed E-state index contributed by atoms with van der Waals surface area (Å²) in [4.78, 5) is 12.1. The van der Waals surface area contributed by atoms with Gasteiger partial charge in [0.2, 0.25) is 5.91 Å². The highest BCUT2D eigenvalue weighted by Gasteiger charge is 2.07. The van der Waals surface area contributed by atoms with Crippen LogP contribution in [0.25, 0.3) is 6.08 Å². The van der Waals surface area contributed by atoms with Crippen LogP contribution in [-0.4, -0.2) is 39.9 Å². The van der Waals surface area contributed by atoms with Gasteiger partial charge in [-0.2, -0.15) is 0 Å². The Morgan fingerprint density at radius 1 is 0.963 bits per heavy atom. The third kappa shape index (κ3) is 6.26. The number of benzene rings is 2. The molecule has 6 heteroatoms. The lowest BCUT2D eigenvalue weighted by Crippen LogP contribution is -2.35. The van der Waals surface area contributed by atoms with Gasteiger partial charge >= 0.3 is 0 Å². The minimum atomic E-state index is -0.199. The minimum absolute atomic E-state index is 0.144. The third-order valence-corrected chi connectivity index (χ3v) is 3.78. The molecule has 1 N–H and O–H groups in total. The maximum atomic E-state index is 12.1. The number of rotatable bonds is 9. The van der Waals surface area contributed by atoms with Gasteiger partial charge in [0.1, 0.15) is 18.1 Å². The molecule has 0 radical (unpaired) electrons. The van der Waals surface area contributed by atoms with E-state index in [4.69, 9.17) is 18.9 Å². The van der Waals surface area contributed by atoms with Crippen LogP contribution in [0.4, 0.5) is 0 Å². The minimum Gasteiger partial charge on any atom is -0.497 e. The lowest BCUT2D eigenvalue weighted by Gasteiger charge is -2.14. The van der Waals surface area contributed by atoms with E-state index in [0.29, 0.717) is 18.1 Å². The number of carbonyl (C=O) groups is 1. The molecule has 0 spiro atoms. The smallest absolute Gasteiger partial charge is 0.244 e. The Morgan fingerprint density at radius 3 is 2.26 bits per heavy atom. The summed E-state index contributed by atoms with van der Waals surface area (Å²) in [6, 6.07) is 12.6. The zero-order valence-corrected chi connectivity index (χ0v) is 16.0. The molecule has 2 aromatic rings. The zero-order valence-electron chi connectivity index (χ0n) is 16.0. The normalized spacial score (nSPS) is 11.7. The van der Waals surface area contributed by atoms with Crippen LogP contribution < -0.4 is 24.3 Å². The second kappa shape index (κ2) is 10.1. The molecule has 6 nitrogen and oxygen atoms in total. The van der Waals surface area contributed by atoms with Crippen LogP contribution in [-0.2, 0) is 4.79 Å². The quantitative estimate of drug-likeness (QED) is 0.685. The molecular weight excluding hydrogens is 346 g/mol. The van der Waals surface area contributed by atoms with Crippen LogP contribution in [0.15, 0.2) is 48.5 Å². The molecule has 27 heavy (non-hydrogen) atoms. The summed E-state index contributed by atoms with van der Waals surface area (Å²) in [5.41, 5.74) is 0.838. The monoisotopic (exact) mass is 371 g/mol. The van der Waals surface area contributed by atoms with Crippen molar-refractivity contribution in [1.82, 2.24) is 5.32 Å². The Bertz CT molecular complexity index is 771. The third-order valence-electron chi connectivity index (χ3n) is 3.78. The van der Waals surface area contributed by atoms with Crippen LogP contribution in [0.1, 0.15) is 12.5 Å². The topological polar surface area (TPSA) is 66.0 Å². The number of ether oxygens (including phenoxy) is 4. The first-order valence-corrected chi connectivity index (χ1v) is 8.53. The lowest BCUT2D eigenvalue weighted by atomic mass is 10.2. The molecule has 0 aliphatic carbocycles. The number of hydrogen-bond acceptors (Lipinski definition) is 5. The van der Waals surface area contributed by atoms with Crippen molar-refractivity contribution in [2.24, 2.45) is 0 Å². The van der Waals surface area contributed by atoms with E-state index in [1.807, 2.05) is 37.3 Å². The molecule has 1 amide bonds. The van der Waals surface area contributed by atoms with E-state index in [1.54, 1.807) is 39.5 Å². The molecule has 144 valence electrons. The maximum Gasteiger partial charge on any atom is 0.244 e. The summed E-state index contributed by atoms with van der Waals surface area (Å²) in [6.45, 7) is 2.24. The number of carbonyl (C=O) groups excluding carboxylic acids is 1. The van der Waals surface area contributed by atoms with E-state index >= 15 is 0 Å². The van der Waals surface area contributed by atoms with Crippen molar-refractivity contribution < 1.29 is 23.7 Å². The maximum absolute atomic E-state index is 12.1. The Labute approximate surface area is 159 Å². The largest absolute Gasteiger partial charge is 0.497 e. The molecule has 0 saturated carbocycles. The standard InChI is InChI=1S/C21H25NO5/c1-15(14-27-18-9-7-17(24-2)8-10-18)22-21(23)12-6-16-5-11-19(25-3)20(13-16)26-4/h5-13,15H,14H2,1-4H3,(H,22,23)/b12-6+/t15-/m0/s1. The number of amides is 1. The SMILES string of the molecule is COc1ccc(OC[C@H](C)NC(=O)/C=C/c2ccc(OC)c(OC)c2)cc1. The fraction of sp³-hybridized carbons (Fsp3) is 0.286. The van der Waals surface area contributed by atoms with E-state index in [-0.39, 0.29) is 11.9 Å². The molecule has 0 aromatic heterocycles. The average molecular weight is 371 g/mol. The van der Waals surface area contributed by atoms with Gasteiger partial charge in [0.25, 0.3) is 0 Å². The fourth-order valence-corrected chi connectivity index (χ4v) is 2.35. The van der Waals surface area contributed by atoms with E-state index in [1.165, 1.54) is 6.08 Å². The summed E-state index contributed by atoms with van der Waals surface area (Å²) < 4.78 is 21.2. The Kier molecular flexibility index (Phi) is 7.55. The highest BCUT2D eigenvalue weighted by molar-refractivity contribution is 5.92. The Hall–Kier alpha value is -3.15. The van der Waals surface area contributed by atoms with Crippen molar-refractivity contribution >= 4 is 12.0 Å². The van der Waals surface area contributed by atoms with Gasteiger partial charge in [-0.25, -0.2) is 0 Å². The lowest BCUT2D eigenvalue weighted by molar-refractivity contribution is -0.117. The summed E-state index contributed by atoms with van der Waals surface area (Å²) in [5, 5.41) is 2.86. The predicted octanol–water partition coefficient (Wildman–Crippen LogP) is 3.31. The molecule has 2 rings (SSSR count). The first-order chi connectivity index (χ1) is 13.0. The van der Waals surface area contributed by atoms with Crippen LogP contribution >= 0.6 is 0 Å². The Morgan fingerprint density at radius 2 is 1.63 bits per heavy atom. The first-order valence-electron chi connectivity index (χ1n) is 8.53. The Balaban J connectivity index is 1.84. The molecular formula is C21H25NO5. The second-order valence-electron chi connectivity index (χ2n) is 5.84. The van der Waals surface area contributed by atoms with Gasteiger partial charge in [0.15, 0.2) is 11.5 Å². The van der Waals surface area contributed by atoms with Crippen molar-refractivity contribution in [3.63, 3.8) is 0 Å². The summed E-state index contributed by atoms with van der Waals surface area (Å²) in [7, 11) is 4.77. The zero-order chi connectivity index (χ0) is 19.6. The summed E-state index contributed by atoms with van der Waals surface area (Å²) >= 11 is 0. The van der Waals surface area contributed by atoms with E-state index in [9.17, 15) is 4.79 Å². The van der Waals surface area contributed by atoms with Crippen molar-refractivity contribution in [3.05, 3.63) is 54.1 Å². The van der Waals surface area contributed by atoms with Gasteiger partial charge in [-0.1, -0.05) is 6.07 Å². The van der Waals surface area contributed by atoms with E-state index in [0.717, 1.165) is 17.1 Å². The molecule has 2 aromatic carbocycles. The highest BCUT2D eigenvalue weighted by atomic mass is 16.5. The van der Waals surface area contributed by atoms with E-state index < -0.39 is 0 Å². The van der Waals surface area contributed by atoms with Gasteiger partial charge in [0, 0.05) is 6.08 Å². The van der Waals surface area contributed by atoms with Crippen LogP contribution in [0.2, 0.25) is 0 Å². The van der Waals surface area contributed by atoms with Gasteiger partial charge in [-0.3, -0.25) is 4.79 Å². The summed E-state index contributed by atoms with van der Waals surface area (Å²) in [5.74, 6) is 2.54. The fourth-order valence-electron chi connectivity index (χ4n) is 2.35.